The fourth-order valence-corrected chi connectivity index (χ4v) is 16.6. The first kappa shape index (κ1) is 40.9. The molecule has 9 aromatic rings. The Hall–Kier alpha value is -6.47. The van der Waals surface area contributed by atoms with E-state index < -0.39 is 16.6 Å². The van der Waals surface area contributed by atoms with Crippen LogP contribution in [0.2, 0.25) is 0 Å². The number of rotatable bonds is 11. The van der Waals surface area contributed by atoms with Gasteiger partial charge >= 0.3 is 16.6 Å². The van der Waals surface area contributed by atoms with Crippen LogP contribution in [0.25, 0.3) is 21.5 Å². The smallest absolute Gasteiger partial charge is 0.346 e. The highest BCUT2D eigenvalue weighted by atomic mass is 28.4. The van der Waals surface area contributed by atoms with Gasteiger partial charge in [0.05, 0.1) is 0 Å². The van der Waals surface area contributed by atoms with Crippen molar-refractivity contribution in [1.82, 2.24) is 0 Å². The van der Waals surface area contributed by atoms with Crippen molar-refractivity contribution in [2.45, 2.75) is 54.9 Å². The quantitative estimate of drug-likeness (QED) is 0.0734. The number of fused-ring (bicyclic) bond motifs is 2. The summed E-state index contributed by atoms with van der Waals surface area (Å²) in [6.07, 6.45) is 0.893. The molecular weight excluding hydrogens is 785 g/mol. The third-order valence-electron chi connectivity index (χ3n) is 12.7. The minimum absolute atomic E-state index is 0.882. The third-order valence-corrected chi connectivity index (χ3v) is 20.6. The van der Waals surface area contributed by atoms with Crippen LogP contribution in [0.1, 0.15) is 45.9 Å². The van der Waals surface area contributed by atoms with Crippen molar-refractivity contribution < 1.29 is 8.85 Å². The molecule has 0 aliphatic heterocycles. The van der Waals surface area contributed by atoms with Crippen LogP contribution in [-0.2, 0) is 6.42 Å². The second-order valence-corrected chi connectivity index (χ2v) is 23.8. The zero-order valence-electron chi connectivity index (χ0n) is 36.9. The second kappa shape index (κ2) is 16.8. The number of benzene rings is 9. The molecule has 0 aromatic heterocycles. The van der Waals surface area contributed by atoms with E-state index in [-0.39, 0.29) is 0 Å². The standard InChI is InChI=1S/C58H54O2Si2/c1-8-46-25-38-55-56(39-46)58(60-62(50-32-19-43(5)20-33-50,51-34-21-44(6)22-35-51)52-36-23-45(7)24-37-52)54-12-10-9-11-53(54)57(55)59-61(47-26-13-40(2)14-27-47,48-28-15-41(3)16-29-48)49-30-17-42(4)18-31-49/h9-39H,8H2,1-7H3. The van der Waals surface area contributed by atoms with Crippen molar-refractivity contribution in [3.05, 3.63) is 227 Å². The predicted octanol–water partition coefficient (Wildman–Crippen LogP) is 10.5. The van der Waals surface area contributed by atoms with Crippen LogP contribution in [0.4, 0.5) is 0 Å². The highest BCUT2D eigenvalue weighted by Gasteiger charge is 2.47. The first-order valence-corrected chi connectivity index (χ1v) is 25.7. The summed E-state index contributed by atoms with van der Waals surface area (Å²) in [6, 6.07) is 70.0. The van der Waals surface area contributed by atoms with Gasteiger partial charge in [-0.1, -0.05) is 222 Å². The van der Waals surface area contributed by atoms with Gasteiger partial charge < -0.3 is 8.85 Å². The largest absolute Gasteiger partial charge is 0.529 e. The molecule has 4 heteroatoms. The van der Waals surface area contributed by atoms with E-state index in [0.717, 1.165) is 39.5 Å². The summed E-state index contributed by atoms with van der Waals surface area (Å²) in [5.41, 5.74) is 8.57. The van der Waals surface area contributed by atoms with Crippen LogP contribution in [0.3, 0.4) is 0 Å². The van der Waals surface area contributed by atoms with Crippen LogP contribution in [-0.4, -0.2) is 16.6 Å². The Balaban J connectivity index is 1.39. The molecular formula is C58H54O2Si2. The lowest BCUT2D eigenvalue weighted by Gasteiger charge is -2.37. The summed E-state index contributed by atoms with van der Waals surface area (Å²) in [4.78, 5) is 0. The Bertz CT molecular complexity index is 2780. The molecule has 62 heavy (non-hydrogen) atoms. The molecule has 0 fully saturated rings. The monoisotopic (exact) mass is 838 g/mol. The summed E-state index contributed by atoms with van der Waals surface area (Å²) >= 11 is 0. The van der Waals surface area contributed by atoms with Crippen LogP contribution in [0, 0.1) is 41.5 Å². The van der Waals surface area contributed by atoms with Gasteiger partial charge in [-0.3, -0.25) is 0 Å². The molecule has 0 saturated carbocycles. The fraction of sp³-hybridized carbons (Fsp3) is 0.138. The maximum Gasteiger partial charge on any atom is 0.346 e. The molecule has 9 rings (SSSR count). The lowest BCUT2D eigenvalue weighted by Crippen LogP contribution is -2.71. The third kappa shape index (κ3) is 7.38. The van der Waals surface area contributed by atoms with E-state index in [2.05, 4.69) is 237 Å². The van der Waals surface area contributed by atoms with Crippen molar-refractivity contribution in [2.75, 3.05) is 0 Å². The van der Waals surface area contributed by atoms with Gasteiger partial charge in [0.1, 0.15) is 11.5 Å². The molecule has 0 atom stereocenters. The summed E-state index contributed by atoms with van der Waals surface area (Å²) in [5.74, 6) is 1.77. The van der Waals surface area contributed by atoms with Gasteiger partial charge in [0.25, 0.3) is 0 Å². The molecule has 0 unspecified atom stereocenters. The Morgan fingerprint density at radius 3 is 0.839 bits per heavy atom. The van der Waals surface area contributed by atoms with E-state index in [0.29, 0.717) is 0 Å². The Kier molecular flexibility index (Phi) is 11.1. The van der Waals surface area contributed by atoms with Gasteiger partial charge in [-0.2, -0.15) is 0 Å². The molecule has 9 aromatic carbocycles. The van der Waals surface area contributed by atoms with Crippen molar-refractivity contribution in [3.8, 4) is 11.5 Å². The van der Waals surface area contributed by atoms with E-state index in [4.69, 9.17) is 8.85 Å². The average molecular weight is 839 g/mol. The molecule has 0 spiro atoms. The maximum atomic E-state index is 8.18. The van der Waals surface area contributed by atoms with E-state index >= 15 is 0 Å². The normalized spacial score (nSPS) is 11.9. The highest BCUT2D eigenvalue weighted by molar-refractivity contribution is 7.08. The van der Waals surface area contributed by atoms with E-state index in [1.54, 1.807) is 0 Å². The van der Waals surface area contributed by atoms with Crippen LogP contribution < -0.4 is 40.0 Å². The van der Waals surface area contributed by atoms with Crippen LogP contribution in [0.15, 0.2) is 188 Å². The first-order valence-electron chi connectivity index (χ1n) is 21.9. The highest BCUT2D eigenvalue weighted by Crippen LogP contribution is 2.45. The van der Waals surface area contributed by atoms with Crippen LogP contribution >= 0.6 is 0 Å². The zero-order valence-corrected chi connectivity index (χ0v) is 38.9. The molecule has 0 saturated heterocycles. The van der Waals surface area contributed by atoms with Crippen molar-refractivity contribution in [1.29, 1.82) is 0 Å². The van der Waals surface area contributed by atoms with Gasteiger partial charge in [-0.25, -0.2) is 0 Å². The van der Waals surface area contributed by atoms with Crippen molar-refractivity contribution in [3.63, 3.8) is 0 Å². The molecule has 0 amide bonds. The number of hydrogen-bond donors (Lipinski definition) is 0. The molecule has 0 aliphatic rings. The lowest BCUT2D eigenvalue weighted by molar-refractivity contribution is 0.581. The number of hydrogen-bond acceptors (Lipinski definition) is 2. The topological polar surface area (TPSA) is 18.5 Å². The Labute approximate surface area is 369 Å². The van der Waals surface area contributed by atoms with E-state index in [9.17, 15) is 0 Å². The van der Waals surface area contributed by atoms with Crippen molar-refractivity contribution in [2.24, 2.45) is 0 Å². The maximum absolute atomic E-state index is 8.18. The fourth-order valence-electron chi connectivity index (χ4n) is 8.98. The van der Waals surface area contributed by atoms with E-state index in [1.165, 1.54) is 70.1 Å². The van der Waals surface area contributed by atoms with Gasteiger partial charge in [-0.15, -0.1) is 0 Å². The molecule has 0 radical (unpaired) electrons. The minimum Gasteiger partial charge on any atom is -0.529 e. The Morgan fingerprint density at radius 2 is 0.565 bits per heavy atom. The molecule has 306 valence electrons. The first-order chi connectivity index (χ1) is 30.1. The van der Waals surface area contributed by atoms with Crippen molar-refractivity contribution >= 4 is 69.3 Å². The summed E-state index contributed by atoms with van der Waals surface area (Å²) in [6.45, 7) is 15.2. The molecule has 0 aliphatic carbocycles. The van der Waals surface area contributed by atoms with Gasteiger partial charge in [0, 0.05) is 21.5 Å². The molecule has 0 N–H and O–H groups in total. The Morgan fingerprint density at radius 1 is 0.306 bits per heavy atom. The van der Waals surface area contributed by atoms with Gasteiger partial charge in [-0.05, 0) is 90.7 Å². The van der Waals surface area contributed by atoms with Gasteiger partial charge in [0.2, 0.25) is 0 Å². The predicted molar refractivity (Wildman–Crippen MR) is 268 cm³/mol. The van der Waals surface area contributed by atoms with E-state index in [1.807, 2.05) is 0 Å². The summed E-state index contributed by atoms with van der Waals surface area (Å²) in [5, 5.41) is 11.3. The molecule has 0 bridgehead atoms. The zero-order chi connectivity index (χ0) is 43.0. The summed E-state index contributed by atoms with van der Waals surface area (Å²) in [7, 11) is -6.53. The second-order valence-electron chi connectivity index (χ2n) is 17.2. The van der Waals surface area contributed by atoms with Crippen LogP contribution in [0.5, 0.6) is 11.5 Å². The molecule has 0 heterocycles. The average Bonchev–Trinajstić information content (AvgIpc) is 3.29. The SMILES string of the molecule is CCc1ccc2c(O[Si](c3ccc(C)cc3)(c3ccc(C)cc3)c3ccc(C)cc3)c3ccccc3c(O[Si](c3ccc(C)cc3)(c3ccc(C)cc3)c3ccc(C)cc3)c2c1. The number of aryl methyl sites for hydroxylation is 7. The van der Waals surface area contributed by atoms with Gasteiger partial charge in [0.15, 0.2) is 0 Å². The minimum atomic E-state index is -3.27. The molecule has 2 nitrogen and oxygen atoms in total. The summed E-state index contributed by atoms with van der Waals surface area (Å²) < 4.78 is 16.3. The lowest BCUT2D eigenvalue weighted by atomic mass is 9.98.